The third-order valence-electron chi connectivity index (χ3n) is 3.53. The molecule has 1 aromatic rings. The van der Waals surface area contributed by atoms with Gasteiger partial charge in [0, 0.05) is 12.6 Å². The van der Waals surface area contributed by atoms with Crippen molar-refractivity contribution in [3.63, 3.8) is 0 Å². The van der Waals surface area contributed by atoms with Gasteiger partial charge in [-0.2, -0.15) is 8.78 Å². The SMILES string of the molecule is O=C(O)C(F)(F)CN(Cc1ccccc1)C1CCC1. The van der Waals surface area contributed by atoms with Crippen LogP contribution >= 0.6 is 0 Å². The van der Waals surface area contributed by atoms with Crippen molar-refractivity contribution in [3.8, 4) is 0 Å². The molecule has 1 fully saturated rings. The Hall–Kier alpha value is -1.49. The van der Waals surface area contributed by atoms with E-state index in [1.165, 1.54) is 0 Å². The third-order valence-corrected chi connectivity index (χ3v) is 3.53. The molecule has 0 aromatic heterocycles. The normalized spacial score (nSPS) is 16.4. The first kappa shape index (κ1) is 13.9. The van der Waals surface area contributed by atoms with Crippen LogP contribution in [0.2, 0.25) is 0 Å². The van der Waals surface area contributed by atoms with Crippen molar-refractivity contribution < 1.29 is 18.7 Å². The van der Waals surface area contributed by atoms with E-state index in [2.05, 4.69) is 0 Å². The first-order chi connectivity index (χ1) is 8.99. The van der Waals surface area contributed by atoms with Crippen LogP contribution in [0, 0.1) is 0 Å². The Labute approximate surface area is 110 Å². The Morgan fingerprint density at radius 2 is 1.95 bits per heavy atom. The van der Waals surface area contributed by atoms with Gasteiger partial charge in [-0.15, -0.1) is 0 Å². The summed E-state index contributed by atoms with van der Waals surface area (Å²) in [4.78, 5) is 12.2. The summed E-state index contributed by atoms with van der Waals surface area (Å²) >= 11 is 0. The lowest BCUT2D eigenvalue weighted by molar-refractivity contribution is -0.169. The highest BCUT2D eigenvalue weighted by atomic mass is 19.3. The highest BCUT2D eigenvalue weighted by Gasteiger charge is 2.42. The van der Waals surface area contributed by atoms with Crippen molar-refractivity contribution >= 4 is 5.97 Å². The summed E-state index contributed by atoms with van der Waals surface area (Å²) in [5.41, 5.74) is 0.926. The van der Waals surface area contributed by atoms with Crippen LogP contribution in [0.4, 0.5) is 8.78 Å². The molecule has 0 spiro atoms. The smallest absolute Gasteiger partial charge is 0.375 e. The van der Waals surface area contributed by atoms with E-state index in [9.17, 15) is 13.6 Å². The number of rotatable bonds is 6. The second kappa shape index (κ2) is 5.65. The predicted octanol–water partition coefficient (Wildman–Crippen LogP) is 2.76. The number of carboxylic acid groups (broad SMARTS) is 1. The first-order valence-corrected chi connectivity index (χ1v) is 6.38. The molecule has 1 aliphatic rings. The maximum Gasteiger partial charge on any atom is 0.375 e. The number of halogens is 2. The molecule has 0 heterocycles. The van der Waals surface area contributed by atoms with Gasteiger partial charge >= 0.3 is 11.9 Å². The minimum Gasteiger partial charge on any atom is -0.477 e. The van der Waals surface area contributed by atoms with E-state index in [1.807, 2.05) is 30.3 Å². The van der Waals surface area contributed by atoms with Gasteiger partial charge in [-0.25, -0.2) is 4.79 Å². The van der Waals surface area contributed by atoms with Crippen LogP contribution < -0.4 is 0 Å². The molecule has 1 N–H and O–H groups in total. The number of carbonyl (C=O) groups is 1. The van der Waals surface area contributed by atoms with Gasteiger partial charge < -0.3 is 5.11 Å². The van der Waals surface area contributed by atoms with Crippen molar-refractivity contribution in [2.45, 2.75) is 37.8 Å². The minimum atomic E-state index is -3.69. The molecule has 0 unspecified atom stereocenters. The van der Waals surface area contributed by atoms with E-state index in [-0.39, 0.29) is 6.04 Å². The number of hydrogen-bond acceptors (Lipinski definition) is 2. The molecule has 0 aliphatic heterocycles. The van der Waals surface area contributed by atoms with Gasteiger partial charge in [0.2, 0.25) is 0 Å². The maximum atomic E-state index is 13.4. The van der Waals surface area contributed by atoms with Crippen LogP contribution in [-0.4, -0.2) is 34.5 Å². The molecule has 1 aromatic carbocycles. The van der Waals surface area contributed by atoms with Crippen LogP contribution in [0.1, 0.15) is 24.8 Å². The van der Waals surface area contributed by atoms with E-state index in [0.717, 1.165) is 24.8 Å². The average molecular weight is 269 g/mol. The summed E-state index contributed by atoms with van der Waals surface area (Å²) in [6.45, 7) is -0.351. The molecule has 3 nitrogen and oxygen atoms in total. The Morgan fingerprint density at radius 1 is 1.32 bits per heavy atom. The van der Waals surface area contributed by atoms with Crippen molar-refractivity contribution in [1.82, 2.24) is 4.90 Å². The molecule has 0 atom stereocenters. The highest BCUT2D eigenvalue weighted by molar-refractivity contribution is 5.75. The Morgan fingerprint density at radius 3 is 2.42 bits per heavy atom. The largest absolute Gasteiger partial charge is 0.477 e. The van der Waals surface area contributed by atoms with Gasteiger partial charge in [0.1, 0.15) is 0 Å². The zero-order valence-electron chi connectivity index (χ0n) is 10.6. The summed E-state index contributed by atoms with van der Waals surface area (Å²) in [5, 5.41) is 8.55. The molecule has 1 saturated carbocycles. The van der Waals surface area contributed by atoms with Gasteiger partial charge in [-0.1, -0.05) is 36.8 Å². The Balaban J connectivity index is 2.06. The Bertz CT molecular complexity index is 432. The number of hydrogen-bond donors (Lipinski definition) is 1. The van der Waals surface area contributed by atoms with Crippen molar-refractivity contribution in [2.75, 3.05) is 6.54 Å². The first-order valence-electron chi connectivity index (χ1n) is 6.38. The number of aliphatic carboxylic acids is 1. The van der Waals surface area contributed by atoms with E-state index in [1.54, 1.807) is 4.90 Å². The lowest BCUT2D eigenvalue weighted by atomic mass is 9.90. The van der Waals surface area contributed by atoms with Crippen LogP contribution in [0.25, 0.3) is 0 Å². The van der Waals surface area contributed by atoms with Gasteiger partial charge in [0.15, 0.2) is 0 Å². The zero-order valence-corrected chi connectivity index (χ0v) is 10.6. The van der Waals surface area contributed by atoms with Crippen molar-refractivity contribution in [2.24, 2.45) is 0 Å². The predicted molar refractivity (Wildman–Crippen MR) is 67.1 cm³/mol. The fourth-order valence-corrected chi connectivity index (χ4v) is 2.21. The fourth-order valence-electron chi connectivity index (χ4n) is 2.21. The Kier molecular flexibility index (Phi) is 4.14. The number of nitrogens with zero attached hydrogens (tertiary/aromatic N) is 1. The van der Waals surface area contributed by atoms with Crippen LogP contribution in [0.15, 0.2) is 30.3 Å². The number of benzene rings is 1. The van der Waals surface area contributed by atoms with Crippen LogP contribution in [-0.2, 0) is 11.3 Å². The van der Waals surface area contributed by atoms with Gasteiger partial charge in [0.25, 0.3) is 0 Å². The zero-order chi connectivity index (χ0) is 13.9. The summed E-state index contributed by atoms with van der Waals surface area (Å²) in [7, 11) is 0. The van der Waals surface area contributed by atoms with Crippen molar-refractivity contribution in [3.05, 3.63) is 35.9 Å². The van der Waals surface area contributed by atoms with Gasteiger partial charge in [-0.05, 0) is 18.4 Å². The summed E-state index contributed by atoms with van der Waals surface area (Å²) in [6, 6.07) is 9.37. The van der Waals surface area contributed by atoms with Gasteiger partial charge in [0.05, 0.1) is 6.54 Å². The molecule has 104 valence electrons. The van der Waals surface area contributed by atoms with E-state index in [0.29, 0.717) is 6.54 Å². The maximum absolute atomic E-state index is 13.4. The molecular formula is C14H17F2NO2. The standard InChI is InChI=1S/C14H17F2NO2/c15-14(16,13(18)19)10-17(12-7-4-8-12)9-11-5-2-1-3-6-11/h1-3,5-6,12H,4,7-10H2,(H,18,19). The summed E-state index contributed by atoms with van der Waals surface area (Å²) < 4.78 is 26.8. The molecule has 19 heavy (non-hydrogen) atoms. The van der Waals surface area contributed by atoms with E-state index >= 15 is 0 Å². The van der Waals surface area contributed by atoms with E-state index < -0.39 is 18.4 Å². The molecule has 5 heteroatoms. The molecule has 0 saturated heterocycles. The fraction of sp³-hybridized carbons (Fsp3) is 0.500. The second-order valence-electron chi connectivity index (χ2n) is 4.98. The lowest BCUT2D eigenvalue weighted by Gasteiger charge is -2.38. The second-order valence-corrected chi connectivity index (χ2v) is 4.98. The molecule has 0 bridgehead atoms. The summed E-state index contributed by atoms with van der Waals surface area (Å²) in [5.74, 6) is -5.74. The average Bonchev–Trinajstić information content (AvgIpc) is 2.27. The number of carboxylic acids is 1. The minimum absolute atomic E-state index is 0.0745. The topological polar surface area (TPSA) is 40.5 Å². The molecule has 2 rings (SSSR count). The lowest BCUT2D eigenvalue weighted by Crippen LogP contribution is -2.48. The number of alkyl halides is 2. The quantitative estimate of drug-likeness (QED) is 0.863. The molecule has 1 aliphatic carbocycles. The third kappa shape index (κ3) is 3.50. The molecule has 0 radical (unpaired) electrons. The summed E-state index contributed by atoms with van der Waals surface area (Å²) in [6.07, 6.45) is 2.75. The molecule has 0 amide bonds. The van der Waals surface area contributed by atoms with Crippen LogP contribution in [0.3, 0.4) is 0 Å². The van der Waals surface area contributed by atoms with E-state index in [4.69, 9.17) is 5.11 Å². The van der Waals surface area contributed by atoms with Crippen LogP contribution in [0.5, 0.6) is 0 Å². The van der Waals surface area contributed by atoms with Gasteiger partial charge in [-0.3, -0.25) is 4.90 Å². The highest BCUT2D eigenvalue weighted by Crippen LogP contribution is 2.29. The monoisotopic (exact) mass is 269 g/mol. The van der Waals surface area contributed by atoms with Crippen molar-refractivity contribution in [1.29, 1.82) is 0 Å². The molecular weight excluding hydrogens is 252 g/mol.